The first-order valence-corrected chi connectivity index (χ1v) is 8.24. The topological polar surface area (TPSA) is 92.3 Å². The van der Waals surface area contributed by atoms with Crippen molar-refractivity contribution in [2.24, 2.45) is 0 Å². The van der Waals surface area contributed by atoms with Gasteiger partial charge in [0.05, 0.1) is 24.3 Å². The highest BCUT2D eigenvalue weighted by Gasteiger charge is 2.31. The van der Waals surface area contributed by atoms with E-state index < -0.39 is 9.84 Å². The van der Waals surface area contributed by atoms with Crippen molar-refractivity contribution in [3.05, 3.63) is 17.5 Å². The van der Waals surface area contributed by atoms with Crippen LogP contribution in [0.5, 0.6) is 5.88 Å². The summed E-state index contributed by atoms with van der Waals surface area (Å²) in [6.45, 7) is -0.371. The van der Waals surface area contributed by atoms with Gasteiger partial charge in [-0.2, -0.15) is 0 Å². The largest absolute Gasteiger partial charge is 0.479 e. The monoisotopic (exact) mass is 296 g/mol. The molecule has 0 saturated heterocycles. The molecule has 0 spiro atoms. The van der Waals surface area contributed by atoms with Crippen molar-refractivity contribution >= 4 is 20.7 Å². The summed E-state index contributed by atoms with van der Waals surface area (Å²) in [5.41, 5.74) is 1.74. The fourth-order valence-corrected chi connectivity index (χ4v) is 3.76. The van der Waals surface area contributed by atoms with E-state index in [1.807, 2.05) is 0 Å². The predicted octanol–water partition coefficient (Wildman–Crippen LogP) is 1.34. The maximum absolute atomic E-state index is 12.1. The Hall–Kier alpha value is -1.60. The van der Waals surface area contributed by atoms with E-state index in [4.69, 9.17) is 4.74 Å². The van der Waals surface area contributed by atoms with Gasteiger partial charge in [0.25, 0.3) is 0 Å². The zero-order chi connectivity index (χ0) is 14.5. The molecule has 3 rings (SSSR count). The summed E-state index contributed by atoms with van der Waals surface area (Å²) >= 11 is 0. The fraction of sp³-hybridized carbons (Fsp3) is 0.462. The van der Waals surface area contributed by atoms with Crippen molar-refractivity contribution in [2.45, 2.75) is 30.3 Å². The van der Waals surface area contributed by atoms with Crippen LogP contribution in [0.2, 0.25) is 0 Å². The summed E-state index contributed by atoms with van der Waals surface area (Å²) in [5.74, 6) is 0.688. The highest BCUT2D eigenvalue weighted by Crippen LogP contribution is 2.46. The van der Waals surface area contributed by atoms with Gasteiger partial charge in [-0.15, -0.1) is 0 Å². The Bertz CT molecular complexity index is 775. The van der Waals surface area contributed by atoms with Crippen LogP contribution in [-0.2, 0) is 16.4 Å². The number of hydrogen-bond donors (Lipinski definition) is 2. The van der Waals surface area contributed by atoms with Crippen LogP contribution in [0, 0.1) is 0 Å². The van der Waals surface area contributed by atoms with Gasteiger partial charge in [0, 0.05) is 17.8 Å². The molecule has 2 N–H and O–H groups in total. The number of rotatable bonds is 4. The quantitative estimate of drug-likeness (QED) is 0.888. The number of methoxy groups -OCH3 is 1. The van der Waals surface area contributed by atoms with Gasteiger partial charge in [-0.1, -0.05) is 0 Å². The van der Waals surface area contributed by atoms with Crippen molar-refractivity contribution in [3.63, 3.8) is 0 Å². The van der Waals surface area contributed by atoms with E-state index in [0.717, 1.165) is 24.7 Å². The van der Waals surface area contributed by atoms with Gasteiger partial charge in [-0.05, 0) is 24.3 Å². The van der Waals surface area contributed by atoms with Crippen molar-refractivity contribution in [1.82, 2.24) is 9.97 Å². The van der Waals surface area contributed by atoms with Gasteiger partial charge in [-0.3, -0.25) is 0 Å². The third kappa shape index (κ3) is 1.97. The maximum atomic E-state index is 12.1. The van der Waals surface area contributed by atoms with Gasteiger partial charge in [-0.25, -0.2) is 13.4 Å². The van der Waals surface area contributed by atoms with E-state index in [9.17, 15) is 13.5 Å². The van der Waals surface area contributed by atoms with Gasteiger partial charge in [0.2, 0.25) is 5.88 Å². The number of H-pyrrole nitrogens is 1. The average molecular weight is 296 g/mol. The van der Waals surface area contributed by atoms with Gasteiger partial charge >= 0.3 is 0 Å². The number of aromatic amines is 1. The highest BCUT2D eigenvalue weighted by molar-refractivity contribution is 7.91. The number of ether oxygens (including phenoxy) is 1. The minimum atomic E-state index is -3.46. The molecule has 2 aromatic rings. The summed E-state index contributed by atoms with van der Waals surface area (Å²) in [5, 5.41) is 10.1. The van der Waals surface area contributed by atoms with E-state index in [1.54, 1.807) is 6.20 Å². The summed E-state index contributed by atoms with van der Waals surface area (Å²) in [7, 11) is -1.97. The Morgan fingerprint density at radius 2 is 2.20 bits per heavy atom. The van der Waals surface area contributed by atoms with E-state index in [0.29, 0.717) is 22.7 Å². The second-order valence-corrected chi connectivity index (χ2v) is 7.06. The van der Waals surface area contributed by atoms with Crippen LogP contribution in [0.3, 0.4) is 0 Å². The van der Waals surface area contributed by atoms with E-state index >= 15 is 0 Å². The number of nitrogens with one attached hydrogen (secondary N) is 1. The number of fused-ring (bicyclic) bond motifs is 1. The Morgan fingerprint density at radius 1 is 1.50 bits per heavy atom. The smallest absolute Gasteiger partial charge is 0.238 e. The van der Waals surface area contributed by atoms with Crippen LogP contribution in [-0.4, -0.2) is 36.9 Å². The Morgan fingerprint density at radius 3 is 2.70 bits per heavy atom. The van der Waals surface area contributed by atoms with Crippen molar-refractivity contribution in [2.75, 3.05) is 13.4 Å². The lowest BCUT2D eigenvalue weighted by Crippen LogP contribution is -2.02. The number of aliphatic hydroxyl groups excluding tert-OH is 1. The van der Waals surface area contributed by atoms with Crippen molar-refractivity contribution in [3.8, 4) is 5.88 Å². The molecule has 2 aromatic heterocycles. The summed E-state index contributed by atoms with van der Waals surface area (Å²) in [6, 6.07) is 0. The fourth-order valence-electron chi connectivity index (χ4n) is 2.61. The van der Waals surface area contributed by atoms with Crippen LogP contribution in [0.1, 0.15) is 30.0 Å². The third-order valence-electron chi connectivity index (χ3n) is 3.59. The first-order valence-electron chi connectivity index (χ1n) is 6.35. The molecule has 0 bridgehead atoms. The number of aliphatic hydroxyl groups is 1. The SMILES string of the molecule is COc1ncc(C2CC2)c2c(S(C)(=O)=O)c(CO)[nH]c12. The lowest BCUT2D eigenvalue weighted by atomic mass is 10.1. The number of hydrogen-bond acceptors (Lipinski definition) is 5. The number of pyridine rings is 1. The first kappa shape index (κ1) is 13.4. The molecule has 1 aliphatic rings. The van der Waals surface area contributed by atoms with Crippen molar-refractivity contribution < 1.29 is 18.3 Å². The Balaban J connectivity index is 2.45. The molecule has 0 aliphatic heterocycles. The number of aromatic nitrogens is 2. The van der Waals surface area contributed by atoms with Gasteiger partial charge in [0.15, 0.2) is 9.84 Å². The average Bonchev–Trinajstić information content (AvgIpc) is 3.14. The molecule has 6 nitrogen and oxygen atoms in total. The third-order valence-corrected chi connectivity index (χ3v) is 4.78. The normalized spacial score (nSPS) is 15.8. The molecule has 0 atom stereocenters. The van der Waals surface area contributed by atoms with Crippen LogP contribution in [0.15, 0.2) is 11.1 Å². The Kier molecular flexibility index (Phi) is 2.98. The van der Waals surface area contributed by atoms with E-state index in [2.05, 4.69) is 9.97 Å². The van der Waals surface area contributed by atoms with Crippen LogP contribution >= 0.6 is 0 Å². The van der Waals surface area contributed by atoms with Gasteiger partial charge < -0.3 is 14.8 Å². The lowest BCUT2D eigenvalue weighted by molar-refractivity contribution is 0.274. The molecule has 1 fully saturated rings. The molecular weight excluding hydrogens is 280 g/mol. The van der Waals surface area contributed by atoms with Crippen LogP contribution in [0.25, 0.3) is 10.9 Å². The van der Waals surface area contributed by atoms with E-state index in [1.165, 1.54) is 7.11 Å². The second kappa shape index (κ2) is 4.46. The molecular formula is C13H16N2O4S. The summed E-state index contributed by atoms with van der Waals surface area (Å²) in [4.78, 5) is 7.34. The second-order valence-electron chi connectivity index (χ2n) is 5.11. The van der Waals surface area contributed by atoms with Crippen LogP contribution < -0.4 is 4.74 Å². The maximum Gasteiger partial charge on any atom is 0.238 e. The summed E-state index contributed by atoms with van der Waals surface area (Å²) < 4.78 is 29.4. The number of sulfone groups is 1. The molecule has 0 unspecified atom stereocenters. The summed E-state index contributed by atoms with van der Waals surface area (Å²) in [6.07, 6.45) is 4.90. The zero-order valence-corrected chi connectivity index (χ0v) is 12.1. The van der Waals surface area contributed by atoms with Crippen molar-refractivity contribution in [1.29, 1.82) is 0 Å². The molecule has 0 amide bonds. The van der Waals surface area contributed by atoms with E-state index in [-0.39, 0.29) is 17.2 Å². The standard InChI is InChI=1S/C13H16N2O4S/c1-19-13-11-10(8(5-14-13)7-3-4-7)12(20(2,17)18)9(6-16)15-11/h5,7,15-16H,3-4,6H2,1-2H3. The zero-order valence-electron chi connectivity index (χ0n) is 11.3. The van der Waals surface area contributed by atoms with Crippen LogP contribution in [0.4, 0.5) is 0 Å². The molecule has 0 aromatic carbocycles. The molecule has 1 aliphatic carbocycles. The minimum Gasteiger partial charge on any atom is -0.479 e. The van der Waals surface area contributed by atoms with Gasteiger partial charge in [0.1, 0.15) is 5.52 Å². The highest BCUT2D eigenvalue weighted by atomic mass is 32.2. The lowest BCUT2D eigenvalue weighted by Gasteiger charge is -2.06. The molecule has 1 saturated carbocycles. The minimum absolute atomic E-state index is 0.164. The molecule has 7 heteroatoms. The first-order chi connectivity index (χ1) is 9.47. The number of nitrogens with zero attached hydrogens (tertiary/aromatic N) is 1. The Labute approximate surface area is 116 Å². The molecule has 108 valence electrons. The molecule has 0 radical (unpaired) electrons. The molecule has 2 heterocycles. The molecule has 20 heavy (non-hydrogen) atoms. The predicted molar refractivity (Wildman–Crippen MR) is 73.7 cm³/mol.